The molecule has 0 saturated carbocycles. The SMILES string of the molecule is NCc1cnc2ccccc2c1N1CCC(CO)C1. The Balaban J connectivity index is 2.10. The summed E-state index contributed by atoms with van der Waals surface area (Å²) in [5, 5.41) is 10.5. The Bertz CT molecular complexity index is 585. The highest BCUT2D eigenvalue weighted by Gasteiger charge is 2.24. The van der Waals surface area contributed by atoms with Crippen LogP contribution in [0.5, 0.6) is 0 Å². The van der Waals surface area contributed by atoms with E-state index in [0.717, 1.165) is 36.0 Å². The zero-order chi connectivity index (χ0) is 13.2. The summed E-state index contributed by atoms with van der Waals surface area (Å²) in [5.74, 6) is 0.373. The summed E-state index contributed by atoms with van der Waals surface area (Å²) in [6.45, 7) is 2.63. The summed E-state index contributed by atoms with van der Waals surface area (Å²) in [5.41, 5.74) is 9.14. The van der Waals surface area contributed by atoms with E-state index in [1.165, 1.54) is 5.69 Å². The molecule has 100 valence electrons. The molecule has 0 bridgehead atoms. The van der Waals surface area contributed by atoms with Crippen LogP contribution in [0.3, 0.4) is 0 Å². The zero-order valence-electron chi connectivity index (χ0n) is 10.9. The number of nitrogens with zero attached hydrogens (tertiary/aromatic N) is 2. The minimum atomic E-state index is 0.261. The van der Waals surface area contributed by atoms with Gasteiger partial charge < -0.3 is 15.7 Å². The number of hydrogen-bond acceptors (Lipinski definition) is 4. The van der Waals surface area contributed by atoms with E-state index in [-0.39, 0.29) is 6.61 Å². The van der Waals surface area contributed by atoms with Gasteiger partial charge in [0, 0.05) is 49.3 Å². The predicted octanol–water partition coefficient (Wildman–Crippen LogP) is 1.51. The Hall–Kier alpha value is -1.65. The molecule has 4 heteroatoms. The summed E-state index contributed by atoms with van der Waals surface area (Å²) in [4.78, 5) is 6.81. The maximum Gasteiger partial charge on any atom is 0.0723 e. The Labute approximate surface area is 112 Å². The molecule has 3 rings (SSSR count). The van der Waals surface area contributed by atoms with Crippen molar-refractivity contribution in [2.24, 2.45) is 11.7 Å². The van der Waals surface area contributed by atoms with Gasteiger partial charge in [0.15, 0.2) is 0 Å². The smallest absolute Gasteiger partial charge is 0.0723 e. The summed E-state index contributed by atoms with van der Waals surface area (Å²) in [7, 11) is 0. The van der Waals surface area contributed by atoms with Gasteiger partial charge in [-0.15, -0.1) is 0 Å². The molecule has 3 N–H and O–H groups in total. The monoisotopic (exact) mass is 257 g/mol. The highest BCUT2D eigenvalue weighted by molar-refractivity contribution is 5.93. The number of para-hydroxylation sites is 1. The van der Waals surface area contributed by atoms with Crippen molar-refractivity contribution in [3.05, 3.63) is 36.0 Å². The first-order valence-electron chi connectivity index (χ1n) is 6.76. The third-order valence-electron chi connectivity index (χ3n) is 3.90. The second kappa shape index (κ2) is 5.15. The fraction of sp³-hybridized carbons (Fsp3) is 0.400. The second-order valence-corrected chi connectivity index (χ2v) is 5.14. The van der Waals surface area contributed by atoms with Gasteiger partial charge >= 0.3 is 0 Å². The minimum Gasteiger partial charge on any atom is -0.396 e. The summed E-state index contributed by atoms with van der Waals surface area (Å²) >= 11 is 0. The van der Waals surface area contributed by atoms with Crippen molar-refractivity contribution >= 4 is 16.6 Å². The Morgan fingerprint density at radius 1 is 1.37 bits per heavy atom. The number of benzene rings is 1. The van der Waals surface area contributed by atoms with Gasteiger partial charge in [0.1, 0.15) is 0 Å². The molecule has 4 nitrogen and oxygen atoms in total. The van der Waals surface area contributed by atoms with Crippen LogP contribution in [-0.4, -0.2) is 29.8 Å². The molecule has 2 aromatic rings. The Morgan fingerprint density at radius 2 is 2.21 bits per heavy atom. The molecule has 1 aromatic carbocycles. The Morgan fingerprint density at radius 3 is 2.95 bits per heavy atom. The molecule has 0 amide bonds. The average Bonchev–Trinajstić information content (AvgIpc) is 2.94. The number of aromatic nitrogens is 1. The lowest BCUT2D eigenvalue weighted by Gasteiger charge is -2.23. The van der Waals surface area contributed by atoms with Crippen molar-refractivity contribution in [2.75, 3.05) is 24.6 Å². The largest absolute Gasteiger partial charge is 0.396 e. The summed E-state index contributed by atoms with van der Waals surface area (Å²) in [6.07, 6.45) is 2.92. The van der Waals surface area contributed by atoms with E-state index in [2.05, 4.69) is 16.0 Å². The number of anilines is 1. The van der Waals surface area contributed by atoms with Crippen molar-refractivity contribution < 1.29 is 5.11 Å². The average molecular weight is 257 g/mol. The molecule has 1 aliphatic rings. The van der Waals surface area contributed by atoms with Gasteiger partial charge in [-0.05, 0) is 12.5 Å². The standard InChI is InChI=1S/C15H19N3O/c16-7-12-8-17-14-4-2-1-3-13(14)15(12)18-6-5-11(9-18)10-19/h1-4,8,11,19H,5-7,9-10,16H2. The first-order valence-corrected chi connectivity index (χ1v) is 6.76. The van der Waals surface area contributed by atoms with Gasteiger partial charge in [0.2, 0.25) is 0 Å². The molecule has 1 atom stereocenters. The quantitative estimate of drug-likeness (QED) is 0.875. The number of aliphatic hydroxyl groups is 1. The normalized spacial score (nSPS) is 19.3. The zero-order valence-corrected chi connectivity index (χ0v) is 10.9. The van der Waals surface area contributed by atoms with E-state index in [9.17, 15) is 5.11 Å². The molecule has 0 spiro atoms. The van der Waals surface area contributed by atoms with Gasteiger partial charge in [-0.1, -0.05) is 18.2 Å². The van der Waals surface area contributed by atoms with E-state index < -0.39 is 0 Å². The lowest BCUT2D eigenvalue weighted by Crippen LogP contribution is -2.23. The van der Waals surface area contributed by atoms with Crippen LogP contribution in [0.25, 0.3) is 10.9 Å². The van der Waals surface area contributed by atoms with E-state index in [1.807, 2.05) is 24.4 Å². The molecule has 1 fully saturated rings. The van der Waals surface area contributed by atoms with E-state index in [0.29, 0.717) is 12.5 Å². The van der Waals surface area contributed by atoms with Crippen molar-refractivity contribution in [3.8, 4) is 0 Å². The van der Waals surface area contributed by atoms with Crippen molar-refractivity contribution in [1.82, 2.24) is 4.98 Å². The first kappa shape index (κ1) is 12.4. The summed E-state index contributed by atoms with van der Waals surface area (Å²) < 4.78 is 0. The Kier molecular flexibility index (Phi) is 3.36. The van der Waals surface area contributed by atoms with Crippen molar-refractivity contribution in [3.63, 3.8) is 0 Å². The molecule has 19 heavy (non-hydrogen) atoms. The van der Waals surface area contributed by atoms with Crippen LogP contribution in [0.4, 0.5) is 5.69 Å². The van der Waals surface area contributed by atoms with Gasteiger partial charge in [-0.2, -0.15) is 0 Å². The number of rotatable bonds is 3. The third kappa shape index (κ3) is 2.17. The second-order valence-electron chi connectivity index (χ2n) is 5.14. The highest BCUT2D eigenvalue weighted by Crippen LogP contribution is 2.33. The van der Waals surface area contributed by atoms with Crippen LogP contribution in [0, 0.1) is 5.92 Å². The topological polar surface area (TPSA) is 62.4 Å². The van der Waals surface area contributed by atoms with E-state index in [4.69, 9.17) is 5.73 Å². The van der Waals surface area contributed by atoms with Crippen LogP contribution in [0.1, 0.15) is 12.0 Å². The molecular weight excluding hydrogens is 238 g/mol. The van der Waals surface area contributed by atoms with Crippen molar-refractivity contribution in [2.45, 2.75) is 13.0 Å². The van der Waals surface area contributed by atoms with Crippen LogP contribution < -0.4 is 10.6 Å². The number of hydrogen-bond donors (Lipinski definition) is 2. The van der Waals surface area contributed by atoms with E-state index >= 15 is 0 Å². The molecule has 2 heterocycles. The fourth-order valence-electron chi connectivity index (χ4n) is 2.88. The molecule has 1 saturated heterocycles. The maximum atomic E-state index is 9.31. The molecule has 1 unspecified atom stereocenters. The first-order chi connectivity index (χ1) is 9.33. The van der Waals surface area contributed by atoms with Crippen LogP contribution in [0.2, 0.25) is 0 Å². The van der Waals surface area contributed by atoms with Crippen molar-refractivity contribution in [1.29, 1.82) is 0 Å². The molecular formula is C15H19N3O. The molecule has 0 aliphatic carbocycles. The van der Waals surface area contributed by atoms with Crippen LogP contribution in [-0.2, 0) is 6.54 Å². The van der Waals surface area contributed by atoms with Gasteiger partial charge in [0.05, 0.1) is 11.2 Å². The van der Waals surface area contributed by atoms with Gasteiger partial charge in [0.25, 0.3) is 0 Å². The summed E-state index contributed by atoms with van der Waals surface area (Å²) in [6, 6.07) is 8.16. The van der Waals surface area contributed by atoms with E-state index in [1.54, 1.807) is 0 Å². The molecule has 1 aromatic heterocycles. The number of fused-ring (bicyclic) bond motifs is 1. The lowest BCUT2D eigenvalue weighted by atomic mass is 10.1. The van der Waals surface area contributed by atoms with Gasteiger partial charge in [-0.25, -0.2) is 0 Å². The van der Waals surface area contributed by atoms with Crippen LogP contribution in [0.15, 0.2) is 30.5 Å². The third-order valence-corrected chi connectivity index (χ3v) is 3.90. The molecule has 0 radical (unpaired) electrons. The van der Waals surface area contributed by atoms with Crippen LogP contribution >= 0.6 is 0 Å². The fourth-order valence-corrected chi connectivity index (χ4v) is 2.88. The number of nitrogens with two attached hydrogens (primary N) is 1. The molecule has 1 aliphatic heterocycles. The predicted molar refractivity (Wildman–Crippen MR) is 77.0 cm³/mol. The van der Waals surface area contributed by atoms with Gasteiger partial charge in [-0.3, -0.25) is 4.98 Å². The highest BCUT2D eigenvalue weighted by atomic mass is 16.3. The lowest BCUT2D eigenvalue weighted by molar-refractivity contribution is 0.238. The maximum absolute atomic E-state index is 9.31. The number of aliphatic hydroxyl groups excluding tert-OH is 1. The minimum absolute atomic E-state index is 0.261. The number of pyridine rings is 1.